The van der Waals surface area contributed by atoms with Crippen LogP contribution in [0.1, 0.15) is 29.4 Å². The Kier molecular flexibility index (Phi) is 6.95. The number of para-hydroxylation sites is 1. The third-order valence-electron chi connectivity index (χ3n) is 6.40. The van der Waals surface area contributed by atoms with Crippen molar-refractivity contribution in [1.82, 2.24) is 14.8 Å². The number of hydrogen-bond acceptors (Lipinski definition) is 5. The summed E-state index contributed by atoms with van der Waals surface area (Å²) in [6.07, 6.45) is 2.50. The van der Waals surface area contributed by atoms with Gasteiger partial charge in [-0.2, -0.15) is 0 Å². The van der Waals surface area contributed by atoms with Gasteiger partial charge >= 0.3 is 0 Å². The Morgan fingerprint density at radius 2 is 1.82 bits per heavy atom. The predicted octanol–water partition coefficient (Wildman–Crippen LogP) is 5.83. The fourth-order valence-corrected chi connectivity index (χ4v) is 4.51. The zero-order valence-corrected chi connectivity index (χ0v) is 21.6. The number of benzene rings is 3. The van der Waals surface area contributed by atoms with Gasteiger partial charge in [0.1, 0.15) is 11.3 Å². The number of rotatable bonds is 8. The SMILES string of the molecule is CCCN(C(=O)c1c(C)[nH]n(-c2ccccc2)c1=O)c1ccc(Nc2ccnc3cc(OC)ccc23)cc1. The molecule has 8 nitrogen and oxygen atoms in total. The summed E-state index contributed by atoms with van der Waals surface area (Å²) in [5, 5.41) is 7.46. The van der Waals surface area contributed by atoms with Crippen LogP contribution >= 0.6 is 0 Å². The molecule has 2 heterocycles. The van der Waals surface area contributed by atoms with Gasteiger partial charge in [-0.3, -0.25) is 19.7 Å². The molecule has 0 aliphatic carbocycles. The Bertz CT molecular complexity index is 1640. The summed E-state index contributed by atoms with van der Waals surface area (Å²) in [4.78, 5) is 33.0. The van der Waals surface area contributed by atoms with Gasteiger partial charge in [-0.05, 0) is 67.9 Å². The van der Waals surface area contributed by atoms with Gasteiger partial charge in [-0.15, -0.1) is 0 Å². The van der Waals surface area contributed by atoms with Crippen LogP contribution in [0.3, 0.4) is 0 Å². The van der Waals surface area contributed by atoms with Crippen molar-refractivity contribution < 1.29 is 9.53 Å². The molecule has 0 saturated carbocycles. The molecule has 0 bridgehead atoms. The first-order chi connectivity index (χ1) is 18.5. The minimum Gasteiger partial charge on any atom is -0.497 e. The standard InChI is InChI=1S/C30H29N5O3/c1-4-18-34(29(36)28-20(2)33-35(30(28)37)23-8-6-5-7-9-23)22-12-10-21(11-13-22)32-26-16-17-31-27-19-24(38-3)14-15-25(26)27/h5-17,19,33H,4,18H2,1-3H3,(H,31,32). The number of H-pyrrole nitrogens is 1. The normalized spacial score (nSPS) is 10.9. The summed E-state index contributed by atoms with van der Waals surface area (Å²) in [5.41, 5.74) is 4.32. The van der Waals surface area contributed by atoms with Crippen molar-refractivity contribution in [1.29, 1.82) is 0 Å². The highest BCUT2D eigenvalue weighted by atomic mass is 16.5. The summed E-state index contributed by atoms with van der Waals surface area (Å²) < 4.78 is 6.72. The second-order valence-corrected chi connectivity index (χ2v) is 8.96. The number of aromatic amines is 1. The molecular formula is C30H29N5O3. The van der Waals surface area contributed by atoms with Crippen LogP contribution < -0.4 is 20.5 Å². The molecule has 0 aliphatic rings. The summed E-state index contributed by atoms with van der Waals surface area (Å²) in [5.74, 6) is 0.426. The molecule has 0 saturated heterocycles. The van der Waals surface area contributed by atoms with Crippen molar-refractivity contribution in [3.63, 3.8) is 0 Å². The van der Waals surface area contributed by atoms with Crippen molar-refractivity contribution in [2.45, 2.75) is 20.3 Å². The largest absolute Gasteiger partial charge is 0.497 e. The molecule has 0 spiro atoms. The molecule has 5 aromatic rings. The first-order valence-electron chi connectivity index (χ1n) is 12.5. The summed E-state index contributed by atoms with van der Waals surface area (Å²) in [7, 11) is 1.63. The molecule has 8 heteroatoms. The second kappa shape index (κ2) is 10.6. The molecule has 38 heavy (non-hydrogen) atoms. The third kappa shape index (κ3) is 4.76. The van der Waals surface area contributed by atoms with Gasteiger partial charge in [0.2, 0.25) is 0 Å². The van der Waals surface area contributed by atoms with E-state index in [1.807, 2.05) is 85.8 Å². The van der Waals surface area contributed by atoms with Gasteiger partial charge in [0, 0.05) is 47.0 Å². The number of anilines is 3. The van der Waals surface area contributed by atoms with Gasteiger partial charge in [0.05, 0.1) is 18.3 Å². The molecule has 3 aromatic carbocycles. The van der Waals surface area contributed by atoms with Crippen LogP contribution in [0.2, 0.25) is 0 Å². The number of hydrogen-bond donors (Lipinski definition) is 2. The second-order valence-electron chi connectivity index (χ2n) is 8.96. The van der Waals surface area contributed by atoms with Crippen molar-refractivity contribution in [2.24, 2.45) is 0 Å². The zero-order chi connectivity index (χ0) is 26.6. The average molecular weight is 508 g/mol. The minimum absolute atomic E-state index is 0.142. The Balaban J connectivity index is 1.42. The van der Waals surface area contributed by atoms with Crippen LogP contribution in [-0.2, 0) is 0 Å². The molecule has 2 N–H and O–H groups in total. The number of nitrogens with one attached hydrogen (secondary N) is 2. The smallest absolute Gasteiger partial charge is 0.284 e. The minimum atomic E-state index is -0.362. The highest BCUT2D eigenvalue weighted by Crippen LogP contribution is 2.29. The lowest BCUT2D eigenvalue weighted by atomic mass is 10.1. The van der Waals surface area contributed by atoms with E-state index in [1.165, 1.54) is 4.68 Å². The fraction of sp³-hybridized carbons (Fsp3) is 0.167. The van der Waals surface area contributed by atoms with Gasteiger partial charge in [0.25, 0.3) is 11.5 Å². The molecule has 5 rings (SSSR count). The van der Waals surface area contributed by atoms with Gasteiger partial charge in [-0.1, -0.05) is 25.1 Å². The molecule has 0 radical (unpaired) electrons. The van der Waals surface area contributed by atoms with Crippen molar-refractivity contribution in [3.05, 3.63) is 107 Å². The van der Waals surface area contributed by atoms with E-state index in [0.717, 1.165) is 40.1 Å². The van der Waals surface area contributed by atoms with Crippen LogP contribution in [0.5, 0.6) is 5.75 Å². The Morgan fingerprint density at radius 3 is 2.53 bits per heavy atom. The molecule has 0 atom stereocenters. The molecule has 0 unspecified atom stereocenters. The Labute approximate surface area is 220 Å². The number of fused-ring (bicyclic) bond motifs is 1. The highest BCUT2D eigenvalue weighted by Gasteiger charge is 2.25. The summed E-state index contributed by atoms with van der Waals surface area (Å²) in [6, 6.07) is 24.5. The number of carbonyl (C=O) groups is 1. The molecule has 2 aromatic heterocycles. The van der Waals surface area contributed by atoms with Gasteiger partial charge in [0.15, 0.2) is 0 Å². The van der Waals surface area contributed by atoms with E-state index in [1.54, 1.807) is 25.1 Å². The van der Waals surface area contributed by atoms with E-state index < -0.39 is 0 Å². The summed E-state index contributed by atoms with van der Waals surface area (Å²) >= 11 is 0. The average Bonchev–Trinajstić information content (AvgIpc) is 3.25. The van der Waals surface area contributed by atoms with Crippen LogP contribution in [0.15, 0.2) is 89.9 Å². The van der Waals surface area contributed by atoms with E-state index in [2.05, 4.69) is 15.4 Å². The number of aryl methyl sites for hydroxylation is 1. The van der Waals surface area contributed by atoms with Crippen molar-refractivity contribution >= 4 is 33.9 Å². The number of pyridine rings is 1. The third-order valence-corrected chi connectivity index (χ3v) is 6.40. The summed E-state index contributed by atoms with van der Waals surface area (Å²) in [6.45, 7) is 4.24. The number of ether oxygens (including phenoxy) is 1. The molecule has 0 aliphatic heterocycles. The van der Waals surface area contributed by atoms with Gasteiger partial charge in [-0.25, -0.2) is 4.68 Å². The lowest BCUT2D eigenvalue weighted by Gasteiger charge is -2.22. The van der Waals surface area contributed by atoms with E-state index in [4.69, 9.17) is 4.74 Å². The van der Waals surface area contributed by atoms with Crippen molar-refractivity contribution in [2.75, 3.05) is 23.9 Å². The predicted molar refractivity (Wildman–Crippen MR) is 151 cm³/mol. The van der Waals surface area contributed by atoms with E-state index in [0.29, 0.717) is 17.9 Å². The first-order valence-corrected chi connectivity index (χ1v) is 12.5. The van der Waals surface area contributed by atoms with Crippen LogP contribution in [0, 0.1) is 6.92 Å². The zero-order valence-electron chi connectivity index (χ0n) is 21.6. The number of nitrogens with zero attached hydrogens (tertiary/aromatic N) is 3. The lowest BCUT2D eigenvalue weighted by Crippen LogP contribution is -2.35. The monoisotopic (exact) mass is 507 g/mol. The fourth-order valence-electron chi connectivity index (χ4n) is 4.51. The van der Waals surface area contributed by atoms with Crippen LogP contribution in [0.25, 0.3) is 16.6 Å². The number of methoxy groups -OCH3 is 1. The maximum absolute atomic E-state index is 13.7. The Hall–Kier alpha value is -4.85. The topological polar surface area (TPSA) is 92.2 Å². The number of carbonyl (C=O) groups excluding carboxylic acids is 1. The van der Waals surface area contributed by atoms with E-state index in [-0.39, 0.29) is 17.0 Å². The number of amides is 1. The van der Waals surface area contributed by atoms with E-state index >= 15 is 0 Å². The molecular weight excluding hydrogens is 478 g/mol. The number of aromatic nitrogens is 3. The van der Waals surface area contributed by atoms with Crippen molar-refractivity contribution in [3.8, 4) is 11.4 Å². The van der Waals surface area contributed by atoms with E-state index in [9.17, 15) is 9.59 Å². The maximum atomic E-state index is 13.7. The van der Waals surface area contributed by atoms with Gasteiger partial charge < -0.3 is 15.0 Å². The quantitative estimate of drug-likeness (QED) is 0.276. The molecule has 192 valence electrons. The first kappa shape index (κ1) is 24.8. The molecule has 1 amide bonds. The van der Waals surface area contributed by atoms with Crippen LogP contribution in [-0.4, -0.2) is 34.3 Å². The highest BCUT2D eigenvalue weighted by molar-refractivity contribution is 6.06. The Morgan fingerprint density at radius 1 is 1.05 bits per heavy atom. The molecule has 0 fully saturated rings. The maximum Gasteiger partial charge on any atom is 0.284 e. The van der Waals surface area contributed by atoms with Crippen LogP contribution in [0.4, 0.5) is 17.1 Å². The lowest BCUT2D eigenvalue weighted by molar-refractivity contribution is 0.0985.